The van der Waals surface area contributed by atoms with Crippen LogP contribution in [0.15, 0.2) is 11.8 Å². The molecule has 1 rings (SSSR count). The molecule has 0 aliphatic heterocycles. The Hall–Kier alpha value is -0.660. The van der Waals surface area contributed by atoms with Crippen molar-refractivity contribution in [2.75, 3.05) is 26.4 Å². The van der Waals surface area contributed by atoms with Crippen LogP contribution in [0.4, 0.5) is 0 Å². The SMILES string of the molecule is CCOC(O)CCCOC1=CCCC(CCCCCCO)C1CCC(O)OCC. The van der Waals surface area contributed by atoms with E-state index >= 15 is 0 Å². The van der Waals surface area contributed by atoms with Crippen molar-refractivity contribution in [2.45, 2.75) is 97.1 Å². The summed E-state index contributed by atoms with van der Waals surface area (Å²) in [6.45, 7) is 5.64. The fraction of sp³-hybridized carbons (Fsp3) is 0.913. The van der Waals surface area contributed by atoms with E-state index in [9.17, 15) is 10.2 Å². The predicted octanol–water partition coefficient (Wildman–Crippen LogP) is 4.13. The third-order valence-electron chi connectivity index (χ3n) is 5.61. The molecule has 0 bridgehead atoms. The highest BCUT2D eigenvalue weighted by Crippen LogP contribution is 2.38. The maximum absolute atomic E-state index is 10.0. The molecule has 6 heteroatoms. The lowest BCUT2D eigenvalue weighted by Crippen LogP contribution is -2.25. The number of hydrogen-bond donors (Lipinski definition) is 3. The predicted molar refractivity (Wildman–Crippen MR) is 114 cm³/mol. The third kappa shape index (κ3) is 11.9. The van der Waals surface area contributed by atoms with E-state index in [0.717, 1.165) is 57.1 Å². The Morgan fingerprint density at radius 3 is 2.31 bits per heavy atom. The maximum atomic E-state index is 10.0. The highest BCUT2D eigenvalue weighted by atomic mass is 16.6. The van der Waals surface area contributed by atoms with E-state index in [1.807, 2.05) is 13.8 Å². The lowest BCUT2D eigenvalue weighted by atomic mass is 9.77. The van der Waals surface area contributed by atoms with Gasteiger partial charge in [-0.3, -0.25) is 0 Å². The van der Waals surface area contributed by atoms with Crippen molar-refractivity contribution >= 4 is 0 Å². The van der Waals surface area contributed by atoms with E-state index in [1.165, 1.54) is 6.42 Å². The molecule has 1 aliphatic rings. The minimum atomic E-state index is -0.715. The second kappa shape index (κ2) is 17.1. The number of aliphatic hydroxyl groups is 3. The lowest BCUT2D eigenvalue weighted by Gasteiger charge is -2.33. The molecule has 0 spiro atoms. The van der Waals surface area contributed by atoms with Crippen LogP contribution >= 0.6 is 0 Å². The molecule has 172 valence electrons. The Morgan fingerprint density at radius 1 is 0.931 bits per heavy atom. The van der Waals surface area contributed by atoms with Gasteiger partial charge in [-0.2, -0.15) is 0 Å². The summed E-state index contributed by atoms with van der Waals surface area (Å²) in [6, 6.07) is 0. The summed E-state index contributed by atoms with van der Waals surface area (Å²) in [5, 5.41) is 28.6. The molecule has 29 heavy (non-hydrogen) atoms. The molecule has 0 saturated carbocycles. The molecule has 4 unspecified atom stereocenters. The largest absolute Gasteiger partial charge is 0.498 e. The van der Waals surface area contributed by atoms with Crippen LogP contribution in [-0.2, 0) is 14.2 Å². The zero-order chi connectivity index (χ0) is 21.3. The van der Waals surface area contributed by atoms with Gasteiger partial charge in [0.15, 0.2) is 12.6 Å². The summed E-state index contributed by atoms with van der Waals surface area (Å²) < 4.78 is 16.6. The van der Waals surface area contributed by atoms with Gasteiger partial charge in [0.05, 0.1) is 12.4 Å². The van der Waals surface area contributed by atoms with Crippen LogP contribution in [0.25, 0.3) is 0 Å². The topological polar surface area (TPSA) is 88.4 Å². The van der Waals surface area contributed by atoms with Crippen molar-refractivity contribution in [3.63, 3.8) is 0 Å². The van der Waals surface area contributed by atoms with E-state index in [1.54, 1.807) is 0 Å². The third-order valence-corrected chi connectivity index (χ3v) is 5.61. The van der Waals surface area contributed by atoms with Crippen LogP contribution < -0.4 is 0 Å². The quantitative estimate of drug-likeness (QED) is 0.230. The Balaban J connectivity index is 2.53. The minimum absolute atomic E-state index is 0.278. The standard InChI is InChI=1S/C23H44O6/c1-3-27-22(25)14-10-18-29-21-13-9-12-19(11-7-5-6-8-17-24)20(21)15-16-23(26)28-4-2/h13,19-20,22-26H,3-12,14-18H2,1-2H3. The molecule has 0 aromatic rings. The fourth-order valence-corrected chi connectivity index (χ4v) is 4.11. The van der Waals surface area contributed by atoms with Crippen molar-refractivity contribution in [3.05, 3.63) is 11.8 Å². The van der Waals surface area contributed by atoms with Crippen LogP contribution in [0.1, 0.15) is 84.5 Å². The summed E-state index contributed by atoms with van der Waals surface area (Å²) in [7, 11) is 0. The molecule has 6 nitrogen and oxygen atoms in total. The molecule has 0 heterocycles. The minimum Gasteiger partial charge on any atom is -0.498 e. The van der Waals surface area contributed by atoms with Crippen LogP contribution in [0.3, 0.4) is 0 Å². The highest BCUT2D eigenvalue weighted by molar-refractivity contribution is 5.05. The first kappa shape index (κ1) is 26.4. The second-order valence-electron chi connectivity index (χ2n) is 7.86. The Kier molecular flexibility index (Phi) is 15.5. The van der Waals surface area contributed by atoms with Gasteiger partial charge in [-0.1, -0.05) is 19.3 Å². The first-order valence-corrected chi connectivity index (χ1v) is 11.6. The number of rotatable bonds is 18. The average Bonchev–Trinajstić information content (AvgIpc) is 2.70. The van der Waals surface area contributed by atoms with Crippen molar-refractivity contribution < 1.29 is 29.5 Å². The van der Waals surface area contributed by atoms with Gasteiger partial charge in [-0.05, 0) is 70.8 Å². The van der Waals surface area contributed by atoms with E-state index < -0.39 is 12.6 Å². The summed E-state index contributed by atoms with van der Waals surface area (Å²) >= 11 is 0. The van der Waals surface area contributed by atoms with Gasteiger partial charge < -0.3 is 29.5 Å². The summed E-state index contributed by atoms with van der Waals surface area (Å²) in [6.07, 6.45) is 11.2. The normalized spacial score (nSPS) is 21.6. The van der Waals surface area contributed by atoms with E-state index in [4.69, 9.17) is 19.3 Å². The van der Waals surface area contributed by atoms with E-state index in [0.29, 0.717) is 44.5 Å². The van der Waals surface area contributed by atoms with Gasteiger partial charge in [0.1, 0.15) is 0 Å². The van der Waals surface area contributed by atoms with Gasteiger partial charge in [0.2, 0.25) is 0 Å². The van der Waals surface area contributed by atoms with Gasteiger partial charge >= 0.3 is 0 Å². The van der Waals surface area contributed by atoms with Crippen molar-refractivity contribution in [2.24, 2.45) is 11.8 Å². The van der Waals surface area contributed by atoms with Gasteiger partial charge in [-0.15, -0.1) is 0 Å². The first-order valence-electron chi connectivity index (χ1n) is 11.6. The molecule has 3 N–H and O–H groups in total. The summed E-state index contributed by atoms with van der Waals surface area (Å²) in [5.74, 6) is 1.92. The molecule has 0 amide bonds. The molecule has 1 aliphatic carbocycles. The number of allylic oxidation sites excluding steroid dienone is 2. The zero-order valence-corrected chi connectivity index (χ0v) is 18.6. The van der Waals surface area contributed by atoms with Gasteiger partial charge in [-0.25, -0.2) is 0 Å². The number of aliphatic hydroxyl groups excluding tert-OH is 3. The Labute approximate surface area is 177 Å². The fourth-order valence-electron chi connectivity index (χ4n) is 4.11. The number of ether oxygens (including phenoxy) is 3. The summed E-state index contributed by atoms with van der Waals surface area (Å²) in [5.41, 5.74) is 0. The molecule has 0 radical (unpaired) electrons. The van der Waals surface area contributed by atoms with Gasteiger partial charge in [0, 0.05) is 32.2 Å². The molecule has 0 saturated heterocycles. The van der Waals surface area contributed by atoms with E-state index in [-0.39, 0.29) is 6.61 Å². The van der Waals surface area contributed by atoms with Crippen LogP contribution in [0.5, 0.6) is 0 Å². The first-order chi connectivity index (χ1) is 14.1. The van der Waals surface area contributed by atoms with Crippen LogP contribution in [0.2, 0.25) is 0 Å². The molecule has 0 fully saturated rings. The summed E-state index contributed by atoms with van der Waals surface area (Å²) in [4.78, 5) is 0. The van der Waals surface area contributed by atoms with Crippen molar-refractivity contribution in [1.29, 1.82) is 0 Å². The highest BCUT2D eigenvalue weighted by Gasteiger charge is 2.29. The lowest BCUT2D eigenvalue weighted by molar-refractivity contribution is -0.104. The van der Waals surface area contributed by atoms with Crippen molar-refractivity contribution in [3.8, 4) is 0 Å². The number of unbranched alkanes of at least 4 members (excludes halogenated alkanes) is 3. The molecular formula is C23H44O6. The smallest absolute Gasteiger partial charge is 0.154 e. The maximum Gasteiger partial charge on any atom is 0.154 e. The Bertz CT molecular complexity index is 414. The molecular weight excluding hydrogens is 372 g/mol. The van der Waals surface area contributed by atoms with Gasteiger partial charge in [0.25, 0.3) is 0 Å². The Morgan fingerprint density at radius 2 is 1.62 bits per heavy atom. The van der Waals surface area contributed by atoms with Crippen LogP contribution in [-0.4, -0.2) is 54.3 Å². The average molecular weight is 417 g/mol. The molecule has 0 aromatic heterocycles. The number of hydrogen-bond acceptors (Lipinski definition) is 6. The second-order valence-corrected chi connectivity index (χ2v) is 7.86. The van der Waals surface area contributed by atoms with E-state index in [2.05, 4.69) is 6.08 Å². The van der Waals surface area contributed by atoms with Crippen molar-refractivity contribution in [1.82, 2.24) is 0 Å². The molecule has 0 aromatic carbocycles. The monoisotopic (exact) mass is 416 g/mol. The van der Waals surface area contributed by atoms with Crippen LogP contribution in [0, 0.1) is 11.8 Å². The molecule has 4 atom stereocenters. The zero-order valence-electron chi connectivity index (χ0n) is 18.6.